The van der Waals surface area contributed by atoms with Crippen molar-refractivity contribution in [3.8, 4) is 0 Å². The van der Waals surface area contributed by atoms with Gasteiger partial charge in [0, 0.05) is 36.1 Å². The van der Waals surface area contributed by atoms with E-state index < -0.39 is 5.54 Å². The van der Waals surface area contributed by atoms with Gasteiger partial charge in [-0.25, -0.2) is 0 Å². The van der Waals surface area contributed by atoms with Gasteiger partial charge in [0.1, 0.15) is 5.54 Å². The third-order valence-corrected chi connectivity index (χ3v) is 6.82. The van der Waals surface area contributed by atoms with E-state index in [1.165, 1.54) is 0 Å². The standard InChI is InChI=1S/C22H31N3O3/c1-15-13-17(14-16(2)23-15)20(27)25-12-4-10-22(25)9-3-11-24(21(22)28)18-5-7-19(26)8-6-18/h13-14,18-19,26H,3-12H2,1-2H3. The summed E-state index contributed by atoms with van der Waals surface area (Å²) in [6, 6.07) is 3.86. The van der Waals surface area contributed by atoms with Gasteiger partial charge in [0.05, 0.1) is 6.10 Å². The van der Waals surface area contributed by atoms with Gasteiger partial charge in [0.2, 0.25) is 5.91 Å². The highest BCUT2D eigenvalue weighted by Gasteiger charge is 2.53. The Labute approximate surface area is 166 Å². The van der Waals surface area contributed by atoms with Crippen LogP contribution in [0.1, 0.15) is 73.1 Å². The van der Waals surface area contributed by atoms with Gasteiger partial charge in [-0.1, -0.05) is 0 Å². The number of piperidine rings is 1. The number of rotatable bonds is 2. The van der Waals surface area contributed by atoms with Crippen LogP contribution in [0.3, 0.4) is 0 Å². The van der Waals surface area contributed by atoms with Crippen molar-refractivity contribution in [2.45, 2.75) is 82.9 Å². The molecule has 0 aromatic carbocycles. The fourth-order valence-corrected chi connectivity index (χ4v) is 5.51. The lowest BCUT2D eigenvalue weighted by atomic mass is 9.82. The number of aromatic nitrogens is 1. The number of aliphatic hydroxyl groups excluding tert-OH is 1. The summed E-state index contributed by atoms with van der Waals surface area (Å²) in [6.07, 6.45) is 6.34. The predicted octanol–water partition coefficient (Wildman–Crippen LogP) is 2.60. The van der Waals surface area contributed by atoms with Crippen molar-refractivity contribution in [2.24, 2.45) is 0 Å². The maximum Gasteiger partial charge on any atom is 0.254 e. The Morgan fingerprint density at radius 1 is 1.07 bits per heavy atom. The maximum atomic E-state index is 13.7. The number of aliphatic hydroxyl groups is 1. The number of amides is 2. The second-order valence-corrected chi connectivity index (χ2v) is 8.79. The normalized spacial score (nSPS) is 30.9. The Hall–Kier alpha value is -1.95. The first kappa shape index (κ1) is 19.4. The average Bonchev–Trinajstić information content (AvgIpc) is 3.08. The van der Waals surface area contributed by atoms with E-state index in [4.69, 9.17) is 0 Å². The number of pyridine rings is 1. The molecule has 0 bridgehead atoms. The van der Waals surface area contributed by atoms with Gasteiger partial charge in [0.25, 0.3) is 5.91 Å². The average molecular weight is 386 g/mol. The largest absolute Gasteiger partial charge is 0.393 e. The van der Waals surface area contributed by atoms with Crippen LogP contribution >= 0.6 is 0 Å². The number of carbonyl (C=O) groups excluding carboxylic acids is 2. The van der Waals surface area contributed by atoms with E-state index in [-0.39, 0.29) is 24.0 Å². The molecule has 1 aliphatic carbocycles. The Balaban J connectivity index is 1.59. The molecule has 6 heteroatoms. The van der Waals surface area contributed by atoms with Crippen molar-refractivity contribution in [3.05, 3.63) is 29.1 Å². The van der Waals surface area contributed by atoms with Gasteiger partial charge in [-0.15, -0.1) is 0 Å². The van der Waals surface area contributed by atoms with Gasteiger partial charge in [-0.05, 0) is 77.3 Å². The minimum absolute atomic E-state index is 0.0413. The minimum atomic E-state index is -0.684. The Morgan fingerprint density at radius 3 is 2.32 bits per heavy atom. The molecule has 1 aromatic rings. The van der Waals surface area contributed by atoms with E-state index in [1.54, 1.807) is 0 Å². The molecule has 1 aromatic heterocycles. The number of carbonyl (C=O) groups is 2. The third kappa shape index (κ3) is 3.32. The monoisotopic (exact) mass is 385 g/mol. The lowest BCUT2D eigenvalue weighted by Crippen LogP contribution is -2.63. The summed E-state index contributed by atoms with van der Waals surface area (Å²) in [5.41, 5.74) is 1.61. The SMILES string of the molecule is Cc1cc(C(=O)N2CCCC23CCCN(C2CCC(O)CC2)C3=O)cc(C)n1. The molecule has 4 rings (SSSR count). The molecule has 1 saturated carbocycles. The summed E-state index contributed by atoms with van der Waals surface area (Å²) >= 11 is 0. The number of hydrogen-bond donors (Lipinski definition) is 1. The Morgan fingerprint density at radius 2 is 1.68 bits per heavy atom. The number of aryl methyl sites for hydroxylation is 2. The molecular weight excluding hydrogens is 354 g/mol. The number of hydrogen-bond acceptors (Lipinski definition) is 4. The number of nitrogens with zero attached hydrogens (tertiary/aromatic N) is 3. The van der Waals surface area contributed by atoms with Crippen molar-refractivity contribution in [1.29, 1.82) is 0 Å². The first-order chi connectivity index (χ1) is 13.4. The van der Waals surface area contributed by atoms with Crippen LogP contribution in [-0.4, -0.2) is 62.5 Å². The molecule has 3 fully saturated rings. The summed E-state index contributed by atoms with van der Waals surface area (Å²) < 4.78 is 0. The van der Waals surface area contributed by atoms with Crippen LogP contribution in [0.4, 0.5) is 0 Å². The molecule has 152 valence electrons. The molecule has 2 aliphatic heterocycles. The van der Waals surface area contributed by atoms with Crippen molar-refractivity contribution >= 4 is 11.8 Å². The summed E-state index contributed by atoms with van der Waals surface area (Å²) in [5, 5.41) is 9.82. The molecular formula is C22H31N3O3. The van der Waals surface area contributed by atoms with Crippen LogP contribution < -0.4 is 0 Å². The molecule has 1 N–H and O–H groups in total. The van der Waals surface area contributed by atoms with E-state index >= 15 is 0 Å². The highest BCUT2D eigenvalue weighted by molar-refractivity contribution is 6.00. The molecule has 0 radical (unpaired) electrons. The minimum Gasteiger partial charge on any atom is -0.393 e. The fraction of sp³-hybridized carbons (Fsp3) is 0.682. The predicted molar refractivity (Wildman–Crippen MR) is 106 cm³/mol. The number of likely N-dealkylation sites (tertiary alicyclic amines) is 2. The maximum absolute atomic E-state index is 13.7. The zero-order chi connectivity index (χ0) is 19.9. The van der Waals surface area contributed by atoms with Crippen LogP contribution in [0.5, 0.6) is 0 Å². The van der Waals surface area contributed by atoms with Crippen molar-refractivity contribution in [2.75, 3.05) is 13.1 Å². The van der Waals surface area contributed by atoms with Crippen molar-refractivity contribution in [3.63, 3.8) is 0 Å². The van der Waals surface area contributed by atoms with E-state index in [2.05, 4.69) is 4.98 Å². The molecule has 3 aliphatic rings. The van der Waals surface area contributed by atoms with Gasteiger partial charge in [-0.3, -0.25) is 14.6 Å². The second-order valence-electron chi connectivity index (χ2n) is 8.79. The van der Waals surface area contributed by atoms with Gasteiger partial charge < -0.3 is 14.9 Å². The molecule has 1 unspecified atom stereocenters. The second kappa shape index (κ2) is 7.47. The quantitative estimate of drug-likeness (QED) is 0.849. The lowest BCUT2D eigenvalue weighted by Gasteiger charge is -2.48. The first-order valence-corrected chi connectivity index (χ1v) is 10.7. The Bertz CT molecular complexity index is 752. The van der Waals surface area contributed by atoms with Crippen LogP contribution in [0, 0.1) is 13.8 Å². The van der Waals surface area contributed by atoms with Crippen LogP contribution in [0.15, 0.2) is 12.1 Å². The molecule has 1 atom stereocenters. The first-order valence-electron chi connectivity index (χ1n) is 10.7. The van der Waals surface area contributed by atoms with Crippen LogP contribution in [0.25, 0.3) is 0 Å². The summed E-state index contributed by atoms with van der Waals surface area (Å²) in [6.45, 7) is 5.21. The zero-order valence-corrected chi connectivity index (χ0v) is 17.0. The van der Waals surface area contributed by atoms with E-state index in [0.29, 0.717) is 12.1 Å². The molecule has 28 heavy (non-hydrogen) atoms. The van der Waals surface area contributed by atoms with E-state index in [0.717, 1.165) is 69.3 Å². The molecule has 3 heterocycles. The highest BCUT2D eigenvalue weighted by Crippen LogP contribution is 2.41. The van der Waals surface area contributed by atoms with Gasteiger partial charge in [-0.2, -0.15) is 0 Å². The van der Waals surface area contributed by atoms with Crippen LogP contribution in [0.2, 0.25) is 0 Å². The van der Waals surface area contributed by atoms with Crippen LogP contribution in [-0.2, 0) is 4.79 Å². The molecule has 2 saturated heterocycles. The molecule has 2 amide bonds. The third-order valence-electron chi connectivity index (χ3n) is 6.82. The lowest BCUT2D eigenvalue weighted by molar-refractivity contribution is -0.149. The topological polar surface area (TPSA) is 73.7 Å². The van der Waals surface area contributed by atoms with Gasteiger partial charge >= 0.3 is 0 Å². The highest BCUT2D eigenvalue weighted by atomic mass is 16.3. The summed E-state index contributed by atoms with van der Waals surface area (Å²) in [4.78, 5) is 35.3. The zero-order valence-electron chi connectivity index (χ0n) is 17.0. The fourth-order valence-electron chi connectivity index (χ4n) is 5.51. The summed E-state index contributed by atoms with van der Waals surface area (Å²) in [7, 11) is 0. The van der Waals surface area contributed by atoms with Crippen molar-refractivity contribution < 1.29 is 14.7 Å². The summed E-state index contributed by atoms with van der Waals surface area (Å²) in [5.74, 6) is 0.0915. The van der Waals surface area contributed by atoms with E-state index in [9.17, 15) is 14.7 Å². The van der Waals surface area contributed by atoms with E-state index in [1.807, 2.05) is 35.8 Å². The van der Waals surface area contributed by atoms with Crippen molar-refractivity contribution in [1.82, 2.24) is 14.8 Å². The molecule has 1 spiro atoms. The smallest absolute Gasteiger partial charge is 0.254 e. The molecule has 6 nitrogen and oxygen atoms in total. The Kier molecular flexibility index (Phi) is 5.17. The van der Waals surface area contributed by atoms with Gasteiger partial charge in [0.15, 0.2) is 0 Å².